The number of halogens is 2. The first-order valence-corrected chi connectivity index (χ1v) is 4.99. The molecule has 2 N–H and O–H groups in total. The third-order valence-corrected chi connectivity index (χ3v) is 2.61. The maximum Gasteiger partial charge on any atom is 0.135 e. The summed E-state index contributed by atoms with van der Waals surface area (Å²) in [6.45, 7) is 1.13. The number of fused-ring (bicyclic) bond motifs is 1. The normalized spacial score (nSPS) is 11.1. The molecule has 5 heteroatoms. The molecule has 1 aromatic heterocycles. The third kappa shape index (κ3) is 1.59. The minimum atomic E-state index is 0.515. The molecular weight excluding hydrogens is 221 g/mol. The summed E-state index contributed by atoms with van der Waals surface area (Å²) >= 11 is 12.0. The zero-order chi connectivity index (χ0) is 10.1. The van der Waals surface area contributed by atoms with Gasteiger partial charge in [0.1, 0.15) is 5.15 Å². The lowest BCUT2D eigenvalue weighted by atomic mass is 10.3. The minimum absolute atomic E-state index is 0.515. The van der Waals surface area contributed by atoms with E-state index in [-0.39, 0.29) is 0 Å². The number of aromatic nitrogens is 2. The Balaban J connectivity index is 2.62. The molecule has 0 radical (unpaired) electrons. The molecule has 2 rings (SSSR count). The Morgan fingerprint density at radius 3 is 2.86 bits per heavy atom. The molecule has 74 valence electrons. The van der Waals surface area contributed by atoms with Gasteiger partial charge in [-0.15, -0.1) is 0 Å². The molecule has 0 atom stereocenters. The van der Waals surface area contributed by atoms with Gasteiger partial charge in [-0.05, 0) is 18.2 Å². The molecule has 0 bridgehead atoms. The molecule has 2 aromatic rings. The topological polar surface area (TPSA) is 43.8 Å². The van der Waals surface area contributed by atoms with Crippen molar-refractivity contribution in [1.82, 2.24) is 9.78 Å². The lowest BCUT2D eigenvalue weighted by Crippen LogP contribution is -2.10. The molecule has 0 saturated heterocycles. The van der Waals surface area contributed by atoms with E-state index in [0.717, 1.165) is 10.9 Å². The van der Waals surface area contributed by atoms with Crippen LogP contribution in [0.5, 0.6) is 0 Å². The fourth-order valence-corrected chi connectivity index (χ4v) is 1.79. The highest BCUT2D eigenvalue weighted by atomic mass is 35.5. The second kappa shape index (κ2) is 3.77. The predicted molar refractivity (Wildman–Crippen MR) is 58.8 cm³/mol. The Bertz CT molecular complexity index is 464. The molecule has 0 aliphatic rings. The lowest BCUT2D eigenvalue weighted by molar-refractivity contribution is 0.632. The van der Waals surface area contributed by atoms with E-state index in [9.17, 15) is 0 Å². The fraction of sp³-hybridized carbons (Fsp3) is 0.222. The van der Waals surface area contributed by atoms with Crippen molar-refractivity contribution in [3.63, 3.8) is 0 Å². The van der Waals surface area contributed by atoms with Gasteiger partial charge in [0, 0.05) is 17.0 Å². The summed E-state index contributed by atoms with van der Waals surface area (Å²) in [5.74, 6) is 0. The number of hydrogen-bond acceptors (Lipinski definition) is 2. The van der Waals surface area contributed by atoms with Crippen LogP contribution in [0, 0.1) is 0 Å². The molecular formula is C9H9Cl2N3. The Kier molecular flexibility index (Phi) is 2.63. The van der Waals surface area contributed by atoms with Crippen molar-refractivity contribution < 1.29 is 0 Å². The van der Waals surface area contributed by atoms with Gasteiger partial charge in [0.15, 0.2) is 0 Å². The van der Waals surface area contributed by atoms with Crippen molar-refractivity contribution in [3.8, 4) is 0 Å². The second-order valence-electron chi connectivity index (χ2n) is 2.96. The van der Waals surface area contributed by atoms with Crippen LogP contribution in [-0.2, 0) is 6.54 Å². The van der Waals surface area contributed by atoms with Gasteiger partial charge in [-0.2, -0.15) is 5.10 Å². The summed E-state index contributed by atoms with van der Waals surface area (Å²) in [7, 11) is 0. The van der Waals surface area contributed by atoms with Crippen molar-refractivity contribution in [3.05, 3.63) is 28.4 Å². The number of hydrogen-bond donors (Lipinski definition) is 1. The van der Waals surface area contributed by atoms with Crippen molar-refractivity contribution in [2.24, 2.45) is 5.73 Å². The molecule has 14 heavy (non-hydrogen) atoms. The highest BCUT2D eigenvalue weighted by molar-refractivity contribution is 6.36. The predicted octanol–water partition coefficient (Wildman–Crippen LogP) is 2.30. The largest absolute Gasteiger partial charge is 0.329 e. The quantitative estimate of drug-likeness (QED) is 0.860. The summed E-state index contributed by atoms with van der Waals surface area (Å²) in [4.78, 5) is 0. The molecule has 0 aliphatic carbocycles. The van der Waals surface area contributed by atoms with Crippen LogP contribution in [0.2, 0.25) is 10.2 Å². The van der Waals surface area contributed by atoms with Crippen LogP contribution >= 0.6 is 23.2 Å². The number of rotatable bonds is 2. The van der Waals surface area contributed by atoms with Gasteiger partial charge in [0.05, 0.1) is 12.1 Å². The second-order valence-corrected chi connectivity index (χ2v) is 3.76. The Morgan fingerprint density at radius 2 is 2.14 bits per heavy atom. The van der Waals surface area contributed by atoms with Crippen molar-refractivity contribution >= 4 is 34.1 Å². The average molecular weight is 230 g/mol. The SMILES string of the molecule is NCCn1nc2ccc(Cl)cc2c1Cl. The van der Waals surface area contributed by atoms with Gasteiger partial charge in [0.2, 0.25) is 0 Å². The highest BCUT2D eigenvalue weighted by Crippen LogP contribution is 2.25. The highest BCUT2D eigenvalue weighted by Gasteiger charge is 2.08. The van der Waals surface area contributed by atoms with E-state index in [2.05, 4.69) is 5.10 Å². The van der Waals surface area contributed by atoms with Gasteiger partial charge < -0.3 is 5.73 Å². The first-order chi connectivity index (χ1) is 6.72. The molecule has 0 aliphatic heterocycles. The molecule has 0 unspecified atom stereocenters. The summed E-state index contributed by atoms with van der Waals surface area (Å²) in [6.07, 6.45) is 0. The van der Waals surface area contributed by atoms with Crippen molar-refractivity contribution in [2.45, 2.75) is 6.54 Å². The summed E-state index contributed by atoms with van der Waals surface area (Å²) in [5, 5.41) is 6.41. The van der Waals surface area contributed by atoms with Crippen molar-refractivity contribution in [1.29, 1.82) is 0 Å². The number of benzene rings is 1. The molecule has 0 spiro atoms. The summed E-state index contributed by atoms with van der Waals surface area (Å²) in [5.41, 5.74) is 6.28. The summed E-state index contributed by atoms with van der Waals surface area (Å²) < 4.78 is 1.68. The summed E-state index contributed by atoms with van der Waals surface area (Å²) in [6, 6.07) is 5.44. The number of nitrogens with two attached hydrogens (primary N) is 1. The van der Waals surface area contributed by atoms with Gasteiger partial charge in [0.25, 0.3) is 0 Å². The van der Waals surface area contributed by atoms with Gasteiger partial charge >= 0.3 is 0 Å². The van der Waals surface area contributed by atoms with Crippen LogP contribution < -0.4 is 5.73 Å². The van der Waals surface area contributed by atoms with Crippen LogP contribution in [0.25, 0.3) is 10.9 Å². The van der Waals surface area contributed by atoms with E-state index in [0.29, 0.717) is 23.3 Å². The maximum absolute atomic E-state index is 6.09. The van der Waals surface area contributed by atoms with Crippen LogP contribution in [0.1, 0.15) is 0 Å². The molecule has 3 nitrogen and oxygen atoms in total. The molecule has 0 amide bonds. The lowest BCUT2D eigenvalue weighted by Gasteiger charge is -1.97. The van der Waals surface area contributed by atoms with E-state index in [4.69, 9.17) is 28.9 Å². The molecule has 0 fully saturated rings. The van der Waals surface area contributed by atoms with Gasteiger partial charge in [-0.3, -0.25) is 4.68 Å². The standard InChI is InChI=1S/C9H9Cl2N3/c10-6-1-2-8-7(5-6)9(11)14(13-8)4-3-12/h1-2,5H,3-4,12H2. The monoisotopic (exact) mass is 229 g/mol. The van der Waals surface area contributed by atoms with E-state index in [1.54, 1.807) is 16.8 Å². The zero-order valence-corrected chi connectivity index (χ0v) is 8.89. The van der Waals surface area contributed by atoms with E-state index < -0.39 is 0 Å². The van der Waals surface area contributed by atoms with E-state index >= 15 is 0 Å². The third-order valence-electron chi connectivity index (χ3n) is 1.98. The zero-order valence-electron chi connectivity index (χ0n) is 7.37. The van der Waals surface area contributed by atoms with Crippen LogP contribution in [0.3, 0.4) is 0 Å². The minimum Gasteiger partial charge on any atom is -0.329 e. The Morgan fingerprint density at radius 1 is 1.36 bits per heavy atom. The Hall–Kier alpha value is -0.770. The maximum atomic E-state index is 6.09. The van der Waals surface area contributed by atoms with E-state index in [1.807, 2.05) is 6.07 Å². The fourth-order valence-electron chi connectivity index (χ4n) is 1.34. The van der Waals surface area contributed by atoms with Gasteiger partial charge in [-0.1, -0.05) is 23.2 Å². The van der Waals surface area contributed by atoms with Gasteiger partial charge in [-0.25, -0.2) is 0 Å². The molecule has 1 aromatic carbocycles. The number of nitrogens with zero attached hydrogens (tertiary/aromatic N) is 2. The van der Waals surface area contributed by atoms with Crippen LogP contribution in [0.15, 0.2) is 18.2 Å². The van der Waals surface area contributed by atoms with E-state index in [1.165, 1.54) is 0 Å². The average Bonchev–Trinajstić information content (AvgIpc) is 2.46. The van der Waals surface area contributed by atoms with Crippen LogP contribution in [-0.4, -0.2) is 16.3 Å². The first kappa shape index (κ1) is 9.77. The molecule has 0 saturated carbocycles. The first-order valence-electron chi connectivity index (χ1n) is 4.24. The smallest absolute Gasteiger partial charge is 0.135 e. The van der Waals surface area contributed by atoms with Crippen molar-refractivity contribution in [2.75, 3.05) is 6.54 Å². The molecule has 1 heterocycles. The van der Waals surface area contributed by atoms with Crippen LogP contribution in [0.4, 0.5) is 0 Å². The Labute approximate surface area is 91.4 Å².